The van der Waals surface area contributed by atoms with Crippen molar-refractivity contribution >= 4 is 21.4 Å². The molecule has 0 aliphatic rings. The molecular weight excluding hydrogens is 388 g/mol. The molecule has 0 aliphatic heterocycles. The monoisotopic (exact) mass is 411 g/mol. The van der Waals surface area contributed by atoms with Crippen molar-refractivity contribution in [3.05, 3.63) is 59.7 Å². The van der Waals surface area contributed by atoms with Crippen LogP contribution in [0.15, 0.2) is 48.5 Å². The lowest BCUT2D eigenvalue weighted by molar-refractivity contribution is -0.114. The minimum atomic E-state index is -3.73. The summed E-state index contributed by atoms with van der Waals surface area (Å²) in [6.45, 7) is 1.14. The third-order valence-corrected chi connectivity index (χ3v) is 5.26. The van der Waals surface area contributed by atoms with Gasteiger partial charge >= 0.3 is 6.61 Å². The van der Waals surface area contributed by atoms with Crippen molar-refractivity contribution in [2.24, 2.45) is 5.92 Å². The Hall–Kier alpha value is -2.48. The zero-order valence-corrected chi connectivity index (χ0v) is 16.5. The molecule has 8 heteroatoms. The number of rotatable bonds is 9. The van der Waals surface area contributed by atoms with E-state index >= 15 is 0 Å². The maximum absolute atomic E-state index is 12.4. The van der Waals surface area contributed by atoms with Gasteiger partial charge in [0, 0.05) is 0 Å². The smallest absolute Gasteiger partial charge is 0.387 e. The molecule has 0 saturated carbocycles. The van der Waals surface area contributed by atoms with Crippen LogP contribution in [0, 0.1) is 5.92 Å². The second-order valence-corrected chi connectivity index (χ2v) is 8.93. The highest BCUT2D eigenvalue weighted by Crippen LogP contribution is 2.25. The Balaban J connectivity index is 1.99. The van der Waals surface area contributed by atoms with Gasteiger partial charge in [-0.1, -0.05) is 50.2 Å². The number of alkyl halides is 2. The lowest BCUT2D eigenvalue weighted by Crippen LogP contribution is -2.24. The number of carbonyl (C=O) groups excluding carboxylic acids is 1. The third-order valence-electron chi connectivity index (χ3n) is 3.78. The fourth-order valence-electron chi connectivity index (χ4n) is 2.70. The van der Waals surface area contributed by atoms with Crippen molar-refractivity contribution in [1.82, 2.24) is 0 Å². The number of hydrogen-bond donors (Lipinski definition) is 1. The Morgan fingerprint density at radius 3 is 2.25 bits per heavy atom. The van der Waals surface area contributed by atoms with E-state index in [-0.39, 0.29) is 17.2 Å². The predicted octanol–water partition coefficient (Wildman–Crippen LogP) is 4.04. The molecular formula is C20H23F2NO4S. The summed E-state index contributed by atoms with van der Waals surface area (Å²) in [7, 11) is -3.73. The van der Waals surface area contributed by atoms with Crippen LogP contribution in [0.3, 0.4) is 0 Å². The molecule has 0 atom stereocenters. The van der Waals surface area contributed by atoms with Crippen LogP contribution in [0.2, 0.25) is 0 Å². The van der Waals surface area contributed by atoms with E-state index in [4.69, 9.17) is 0 Å². The number of benzene rings is 2. The molecule has 152 valence electrons. The van der Waals surface area contributed by atoms with Crippen molar-refractivity contribution in [3.8, 4) is 5.75 Å². The summed E-state index contributed by atoms with van der Waals surface area (Å²) < 4.78 is 53.8. The van der Waals surface area contributed by atoms with Gasteiger partial charge in [0.25, 0.3) is 0 Å². The largest absolute Gasteiger partial charge is 0.433 e. The Morgan fingerprint density at radius 1 is 1.04 bits per heavy atom. The van der Waals surface area contributed by atoms with E-state index in [1.165, 1.54) is 24.3 Å². The van der Waals surface area contributed by atoms with Gasteiger partial charge < -0.3 is 10.1 Å². The SMILES string of the molecule is CC(C)Cc1ccc(CS(=O)(=O)CC(=O)Nc2ccccc2OC(F)F)cc1. The molecule has 2 aromatic carbocycles. The lowest BCUT2D eigenvalue weighted by atomic mass is 10.0. The molecule has 0 fully saturated rings. The van der Waals surface area contributed by atoms with E-state index in [2.05, 4.69) is 23.9 Å². The van der Waals surface area contributed by atoms with E-state index in [0.29, 0.717) is 11.5 Å². The third kappa shape index (κ3) is 7.26. The first kappa shape index (κ1) is 21.8. The Bertz CT molecular complexity index is 897. The van der Waals surface area contributed by atoms with Crippen LogP contribution in [0.5, 0.6) is 5.75 Å². The van der Waals surface area contributed by atoms with Gasteiger partial charge in [0.15, 0.2) is 9.84 Å². The van der Waals surface area contributed by atoms with Crippen molar-refractivity contribution in [2.75, 3.05) is 11.1 Å². The number of ether oxygens (including phenoxy) is 1. The molecule has 2 rings (SSSR count). The van der Waals surface area contributed by atoms with Gasteiger partial charge in [0.2, 0.25) is 5.91 Å². The summed E-state index contributed by atoms with van der Waals surface area (Å²) in [5.41, 5.74) is 1.69. The first-order valence-electron chi connectivity index (χ1n) is 8.76. The first-order chi connectivity index (χ1) is 13.1. The van der Waals surface area contributed by atoms with E-state index in [1.807, 2.05) is 12.1 Å². The van der Waals surface area contributed by atoms with Crippen molar-refractivity contribution < 1.29 is 26.7 Å². The Kier molecular flexibility index (Phi) is 7.51. The molecule has 2 aromatic rings. The number of hydrogen-bond acceptors (Lipinski definition) is 4. The highest BCUT2D eigenvalue weighted by molar-refractivity contribution is 7.91. The van der Waals surface area contributed by atoms with Crippen LogP contribution in [0.25, 0.3) is 0 Å². The number of carbonyl (C=O) groups is 1. The lowest BCUT2D eigenvalue weighted by Gasteiger charge is -2.12. The molecule has 0 radical (unpaired) electrons. The minimum Gasteiger partial charge on any atom is -0.433 e. The quantitative estimate of drug-likeness (QED) is 0.676. The van der Waals surface area contributed by atoms with Crippen LogP contribution in [0.4, 0.5) is 14.5 Å². The zero-order valence-electron chi connectivity index (χ0n) is 15.7. The van der Waals surface area contributed by atoms with Gasteiger partial charge in [-0.2, -0.15) is 8.78 Å². The number of halogens is 2. The van der Waals surface area contributed by atoms with Crippen LogP contribution in [-0.4, -0.2) is 26.7 Å². The molecule has 0 unspecified atom stereocenters. The first-order valence-corrected chi connectivity index (χ1v) is 10.6. The van der Waals surface area contributed by atoms with Crippen molar-refractivity contribution in [1.29, 1.82) is 0 Å². The fraction of sp³-hybridized carbons (Fsp3) is 0.350. The maximum atomic E-state index is 12.4. The summed E-state index contributed by atoms with van der Waals surface area (Å²) in [4.78, 5) is 12.1. The number of sulfone groups is 1. The summed E-state index contributed by atoms with van der Waals surface area (Å²) in [5, 5.41) is 2.31. The van der Waals surface area contributed by atoms with Crippen LogP contribution in [0.1, 0.15) is 25.0 Å². The average Bonchev–Trinajstić information content (AvgIpc) is 2.56. The molecule has 28 heavy (non-hydrogen) atoms. The molecule has 0 aliphatic carbocycles. The highest BCUT2D eigenvalue weighted by atomic mass is 32.2. The van der Waals surface area contributed by atoms with Gasteiger partial charge in [-0.25, -0.2) is 8.42 Å². The number of amides is 1. The molecule has 0 heterocycles. The normalized spacial score (nSPS) is 11.6. The van der Waals surface area contributed by atoms with E-state index in [9.17, 15) is 22.0 Å². The molecule has 5 nitrogen and oxygen atoms in total. The molecule has 0 bridgehead atoms. The average molecular weight is 411 g/mol. The number of anilines is 1. The Morgan fingerprint density at radius 2 is 1.64 bits per heavy atom. The summed E-state index contributed by atoms with van der Waals surface area (Å²) in [6.07, 6.45) is 0.898. The molecule has 0 saturated heterocycles. The summed E-state index contributed by atoms with van der Waals surface area (Å²) in [5.74, 6) is -1.60. The van der Waals surface area contributed by atoms with Crippen molar-refractivity contribution in [3.63, 3.8) is 0 Å². The highest BCUT2D eigenvalue weighted by Gasteiger charge is 2.19. The van der Waals surface area contributed by atoms with Gasteiger partial charge in [-0.05, 0) is 35.6 Å². The molecule has 1 N–H and O–H groups in total. The van der Waals surface area contributed by atoms with E-state index in [1.54, 1.807) is 12.1 Å². The van der Waals surface area contributed by atoms with E-state index in [0.717, 1.165) is 12.0 Å². The Labute approximate surface area is 163 Å². The summed E-state index contributed by atoms with van der Waals surface area (Å²) >= 11 is 0. The standard InChI is InChI=1S/C20H23F2NO4S/c1-14(2)11-15-7-9-16(10-8-15)12-28(25,26)13-19(24)23-17-5-3-4-6-18(17)27-20(21)22/h3-10,14,20H,11-13H2,1-2H3,(H,23,24). The van der Waals surface area contributed by atoms with E-state index < -0.39 is 28.1 Å². The fourth-order valence-corrected chi connectivity index (χ4v) is 3.98. The van der Waals surface area contributed by atoms with Crippen LogP contribution < -0.4 is 10.1 Å². The van der Waals surface area contributed by atoms with Crippen LogP contribution >= 0.6 is 0 Å². The second-order valence-electron chi connectivity index (χ2n) is 6.87. The predicted molar refractivity (Wildman–Crippen MR) is 104 cm³/mol. The second kappa shape index (κ2) is 9.64. The molecule has 0 spiro atoms. The van der Waals surface area contributed by atoms with Crippen LogP contribution in [-0.2, 0) is 26.8 Å². The zero-order chi connectivity index (χ0) is 20.7. The van der Waals surface area contributed by atoms with Crippen molar-refractivity contribution in [2.45, 2.75) is 32.6 Å². The minimum absolute atomic E-state index is 0.0129. The van der Waals surface area contributed by atoms with Gasteiger partial charge in [-0.3, -0.25) is 4.79 Å². The number of nitrogens with one attached hydrogen (secondary N) is 1. The topological polar surface area (TPSA) is 72.5 Å². The maximum Gasteiger partial charge on any atom is 0.387 e. The number of para-hydroxylation sites is 2. The molecule has 0 aromatic heterocycles. The van der Waals surface area contributed by atoms with Gasteiger partial charge in [0.05, 0.1) is 11.4 Å². The molecule has 1 amide bonds. The summed E-state index contributed by atoms with van der Waals surface area (Å²) in [6, 6.07) is 12.8. The van der Waals surface area contributed by atoms with Gasteiger partial charge in [0.1, 0.15) is 11.5 Å². The van der Waals surface area contributed by atoms with Gasteiger partial charge in [-0.15, -0.1) is 0 Å².